The number of hydrogen-bond acceptors (Lipinski definition) is 2. The zero-order chi connectivity index (χ0) is 12.5. The zero-order valence-corrected chi connectivity index (χ0v) is 11.7. The van der Waals surface area contributed by atoms with Crippen molar-refractivity contribution in [2.24, 2.45) is 0 Å². The first-order valence-electron chi connectivity index (χ1n) is 6.34. The molecule has 1 atom stereocenters. The molecular weight excluding hydrogens is 231 g/mol. The predicted octanol–water partition coefficient (Wildman–Crippen LogP) is 4.17. The number of aromatic hydroxyl groups is 1. The quantitative estimate of drug-likeness (QED) is 0.799. The maximum absolute atomic E-state index is 9.26. The number of benzene rings is 1. The highest BCUT2D eigenvalue weighted by molar-refractivity contribution is 7.51. The van der Waals surface area contributed by atoms with Crippen LogP contribution in [0.25, 0.3) is 0 Å². The van der Waals surface area contributed by atoms with Crippen molar-refractivity contribution < 1.29 is 9.63 Å². The maximum atomic E-state index is 9.26. The van der Waals surface area contributed by atoms with Crippen LogP contribution in [0, 0.1) is 0 Å². The summed E-state index contributed by atoms with van der Waals surface area (Å²) < 4.78 is 5.50. The lowest BCUT2D eigenvalue weighted by atomic mass is 10.2. The highest BCUT2D eigenvalue weighted by Crippen LogP contribution is 2.32. The Bertz CT molecular complexity index is 310. The summed E-state index contributed by atoms with van der Waals surface area (Å²) >= 11 is 0. The molecule has 2 rings (SSSR count). The molecule has 0 bridgehead atoms. The molecule has 1 fully saturated rings. The van der Waals surface area contributed by atoms with Crippen LogP contribution in [0.2, 0.25) is 0 Å². The van der Waals surface area contributed by atoms with E-state index in [2.05, 4.69) is 6.66 Å². The van der Waals surface area contributed by atoms with Crippen LogP contribution in [-0.2, 0) is 10.9 Å². The van der Waals surface area contributed by atoms with E-state index in [1.807, 2.05) is 25.1 Å². The van der Waals surface area contributed by atoms with Gasteiger partial charge in [-0.1, -0.05) is 31.4 Å². The Kier molecular flexibility index (Phi) is 7.23. The minimum atomic E-state index is -0.296. The monoisotopic (exact) mass is 254 g/mol. The van der Waals surface area contributed by atoms with Crippen LogP contribution in [0.1, 0.15) is 31.7 Å². The molecule has 1 aliphatic carbocycles. The molecule has 0 aromatic heterocycles. The van der Waals surface area contributed by atoms with Gasteiger partial charge in [0.25, 0.3) is 0 Å². The Morgan fingerprint density at radius 3 is 2.53 bits per heavy atom. The van der Waals surface area contributed by atoms with E-state index in [1.165, 1.54) is 24.8 Å². The summed E-state index contributed by atoms with van der Waals surface area (Å²) in [6, 6.07) is 7.42. The topological polar surface area (TPSA) is 29.5 Å². The third kappa shape index (κ3) is 8.18. The van der Waals surface area contributed by atoms with Gasteiger partial charge in [-0.3, -0.25) is 0 Å². The summed E-state index contributed by atoms with van der Waals surface area (Å²) in [5.41, 5.74) is 1.18. The summed E-state index contributed by atoms with van der Waals surface area (Å²) in [5.74, 6) is 0.347. The molecule has 96 valence electrons. The highest BCUT2D eigenvalue weighted by atomic mass is 31.1. The number of phenols is 1. The Labute approximate surface area is 106 Å². The van der Waals surface area contributed by atoms with Crippen molar-refractivity contribution in [1.82, 2.24) is 0 Å². The minimum absolute atomic E-state index is 0.296. The second-order valence-electron chi connectivity index (χ2n) is 4.25. The smallest absolute Gasteiger partial charge is 0.115 e. The Hall–Kier alpha value is -0.590. The number of rotatable bonds is 5. The molecule has 1 N–H and O–H groups in total. The van der Waals surface area contributed by atoms with Gasteiger partial charge in [-0.05, 0) is 43.9 Å². The molecule has 1 aliphatic rings. The van der Waals surface area contributed by atoms with E-state index in [-0.39, 0.29) is 8.15 Å². The van der Waals surface area contributed by atoms with Crippen molar-refractivity contribution in [3.63, 3.8) is 0 Å². The third-order valence-electron chi connectivity index (χ3n) is 2.33. The van der Waals surface area contributed by atoms with E-state index in [1.54, 1.807) is 6.07 Å². The molecule has 0 heterocycles. The van der Waals surface area contributed by atoms with Crippen LogP contribution in [-0.4, -0.2) is 24.5 Å². The molecule has 1 unspecified atom stereocenters. The Morgan fingerprint density at radius 2 is 2.00 bits per heavy atom. The first-order chi connectivity index (χ1) is 8.22. The van der Waals surface area contributed by atoms with Crippen LogP contribution in [0.4, 0.5) is 0 Å². The molecular formula is C14H23O2P. The molecule has 2 nitrogen and oxygen atoms in total. The van der Waals surface area contributed by atoms with Gasteiger partial charge in [0, 0.05) is 14.8 Å². The fourth-order valence-corrected chi connectivity index (χ4v) is 2.43. The lowest BCUT2D eigenvalue weighted by Gasteiger charge is -2.10. The lowest BCUT2D eigenvalue weighted by Crippen LogP contribution is -1.93. The summed E-state index contributed by atoms with van der Waals surface area (Å²) in [6.07, 6.45) is 6.54. The molecule has 3 heteroatoms. The number of hydrogen-bond donors (Lipinski definition) is 1. The minimum Gasteiger partial charge on any atom is -0.508 e. The van der Waals surface area contributed by atoms with Gasteiger partial charge in [-0.15, -0.1) is 0 Å². The average molecular weight is 254 g/mol. The summed E-state index contributed by atoms with van der Waals surface area (Å²) in [4.78, 5) is 0. The molecule has 1 aromatic carbocycles. The number of aryl methyl sites for hydroxylation is 1. The van der Waals surface area contributed by atoms with Gasteiger partial charge in [0.15, 0.2) is 0 Å². The molecule has 0 amide bonds. The van der Waals surface area contributed by atoms with Gasteiger partial charge in [0.1, 0.15) is 5.75 Å². The molecule has 1 aromatic rings. The van der Waals surface area contributed by atoms with Gasteiger partial charge in [0.2, 0.25) is 0 Å². The first-order valence-corrected chi connectivity index (χ1v) is 8.23. The second-order valence-corrected chi connectivity index (χ2v) is 6.21. The lowest BCUT2D eigenvalue weighted by molar-refractivity contribution is 0.380. The van der Waals surface area contributed by atoms with Crippen LogP contribution < -0.4 is 0 Å². The standard InChI is InChI=1S/C11H17O2P.C3H6/c1-3-13-14(2)8-7-10-5-4-6-11(12)9-10;1-2-3-1/h4-6,9,12H,3,7-8H2,1-2H3;1-3H2. The second kappa shape index (κ2) is 8.49. The van der Waals surface area contributed by atoms with Gasteiger partial charge >= 0.3 is 0 Å². The van der Waals surface area contributed by atoms with Gasteiger partial charge in [0.05, 0.1) is 0 Å². The Morgan fingerprint density at radius 1 is 1.29 bits per heavy atom. The molecule has 0 saturated heterocycles. The first kappa shape index (κ1) is 14.5. The van der Waals surface area contributed by atoms with Crippen molar-refractivity contribution in [3.8, 4) is 5.75 Å². The molecule has 0 spiro atoms. The van der Waals surface area contributed by atoms with Gasteiger partial charge in [-0.25, -0.2) is 0 Å². The molecule has 17 heavy (non-hydrogen) atoms. The van der Waals surface area contributed by atoms with E-state index < -0.39 is 0 Å². The summed E-state index contributed by atoms with van der Waals surface area (Å²) in [5, 5.41) is 9.26. The summed E-state index contributed by atoms with van der Waals surface area (Å²) in [6.45, 7) is 4.96. The van der Waals surface area contributed by atoms with Crippen LogP contribution in [0.5, 0.6) is 5.75 Å². The molecule has 0 radical (unpaired) electrons. The zero-order valence-electron chi connectivity index (χ0n) is 10.9. The van der Waals surface area contributed by atoms with Crippen molar-refractivity contribution in [2.75, 3.05) is 19.4 Å². The highest BCUT2D eigenvalue weighted by Gasteiger charge is 2.01. The van der Waals surface area contributed by atoms with Crippen molar-refractivity contribution in [3.05, 3.63) is 29.8 Å². The van der Waals surface area contributed by atoms with E-state index in [0.717, 1.165) is 19.2 Å². The normalized spacial score (nSPS) is 14.7. The van der Waals surface area contributed by atoms with E-state index in [9.17, 15) is 5.11 Å². The number of phenolic OH excluding ortho intramolecular Hbond substituents is 1. The van der Waals surface area contributed by atoms with Crippen LogP contribution in [0.15, 0.2) is 24.3 Å². The van der Waals surface area contributed by atoms with Crippen molar-refractivity contribution in [1.29, 1.82) is 0 Å². The SMILES string of the molecule is C1CC1.CCOP(C)CCc1cccc(O)c1. The largest absolute Gasteiger partial charge is 0.508 e. The van der Waals surface area contributed by atoms with E-state index in [0.29, 0.717) is 5.75 Å². The van der Waals surface area contributed by atoms with Crippen molar-refractivity contribution in [2.45, 2.75) is 32.6 Å². The fourth-order valence-electron chi connectivity index (χ4n) is 1.28. The Balaban J connectivity index is 0.000000415. The van der Waals surface area contributed by atoms with Gasteiger partial charge in [-0.2, -0.15) is 0 Å². The maximum Gasteiger partial charge on any atom is 0.115 e. The van der Waals surface area contributed by atoms with E-state index >= 15 is 0 Å². The third-order valence-corrected chi connectivity index (χ3v) is 3.88. The average Bonchev–Trinajstić information content (AvgIpc) is 3.14. The fraction of sp³-hybridized carbons (Fsp3) is 0.571. The predicted molar refractivity (Wildman–Crippen MR) is 75.0 cm³/mol. The van der Waals surface area contributed by atoms with E-state index in [4.69, 9.17) is 4.52 Å². The van der Waals surface area contributed by atoms with Crippen LogP contribution >= 0.6 is 8.15 Å². The van der Waals surface area contributed by atoms with Crippen molar-refractivity contribution >= 4 is 8.15 Å². The van der Waals surface area contributed by atoms with Crippen LogP contribution in [0.3, 0.4) is 0 Å². The molecule has 0 aliphatic heterocycles. The molecule has 1 saturated carbocycles. The summed E-state index contributed by atoms with van der Waals surface area (Å²) in [7, 11) is -0.296. The van der Waals surface area contributed by atoms with Gasteiger partial charge < -0.3 is 9.63 Å².